The minimum absolute atomic E-state index is 0.149. The summed E-state index contributed by atoms with van der Waals surface area (Å²) in [6.07, 6.45) is 0. The summed E-state index contributed by atoms with van der Waals surface area (Å²) in [4.78, 5) is 13.6. The lowest BCUT2D eigenvalue weighted by Crippen LogP contribution is -2.55. The van der Waals surface area contributed by atoms with E-state index in [-0.39, 0.29) is 12.4 Å². The minimum atomic E-state index is -1.34. The lowest BCUT2D eigenvalue weighted by Gasteiger charge is -2.32. The van der Waals surface area contributed by atoms with Gasteiger partial charge in [0.1, 0.15) is 11.4 Å². The number of amides is 1. The summed E-state index contributed by atoms with van der Waals surface area (Å²) in [6, 6.07) is 15.0. The van der Waals surface area contributed by atoms with E-state index in [1.165, 1.54) is 12.1 Å². The number of carbonyl (C=O) groups is 1. The van der Waals surface area contributed by atoms with Crippen LogP contribution in [-0.4, -0.2) is 19.5 Å². The zero-order valence-corrected chi connectivity index (χ0v) is 11.8. The van der Waals surface area contributed by atoms with Gasteiger partial charge in [0.2, 0.25) is 5.91 Å². The molecule has 0 saturated heterocycles. The third kappa shape index (κ3) is 3.20. The molecule has 110 valence electrons. The van der Waals surface area contributed by atoms with Gasteiger partial charge in [-0.15, -0.1) is 0 Å². The van der Waals surface area contributed by atoms with Crippen molar-refractivity contribution >= 4 is 11.6 Å². The van der Waals surface area contributed by atoms with Crippen molar-refractivity contribution in [3.63, 3.8) is 0 Å². The SMILES string of the molecule is CN(CC(N)(C(N)=O)c1ccccc1)c1cccc(F)c1. The van der Waals surface area contributed by atoms with E-state index in [1.54, 1.807) is 48.3 Å². The predicted octanol–water partition coefficient (Wildman–Crippen LogP) is 1.60. The number of primary amides is 1. The van der Waals surface area contributed by atoms with Crippen LogP contribution in [-0.2, 0) is 10.3 Å². The number of benzene rings is 2. The van der Waals surface area contributed by atoms with E-state index in [1.807, 2.05) is 6.07 Å². The lowest BCUT2D eigenvalue weighted by atomic mass is 9.89. The Labute approximate surface area is 123 Å². The molecule has 0 spiro atoms. The van der Waals surface area contributed by atoms with Crippen LogP contribution in [0.3, 0.4) is 0 Å². The average Bonchev–Trinajstić information content (AvgIpc) is 2.47. The van der Waals surface area contributed by atoms with Gasteiger partial charge in [-0.1, -0.05) is 36.4 Å². The standard InChI is InChI=1S/C16H18FN3O/c1-20(14-9-5-8-13(17)10-14)11-16(19,15(18)21)12-6-3-2-4-7-12/h2-10H,11,19H2,1H3,(H2,18,21). The molecule has 2 rings (SSSR count). The molecule has 1 unspecified atom stereocenters. The van der Waals surface area contributed by atoms with Crippen molar-refractivity contribution in [1.29, 1.82) is 0 Å². The fourth-order valence-electron chi connectivity index (χ4n) is 2.23. The van der Waals surface area contributed by atoms with Gasteiger partial charge in [0.25, 0.3) is 0 Å². The van der Waals surface area contributed by atoms with E-state index in [0.717, 1.165) is 0 Å². The molecule has 1 atom stereocenters. The molecule has 2 aromatic rings. The Balaban J connectivity index is 2.31. The summed E-state index contributed by atoms with van der Waals surface area (Å²) in [6.45, 7) is 0.149. The molecule has 0 heterocycles. The molecule has 0 aromatic heterocycles. The first-order chi connectivity index (χ1) is 9.93. The van der Waals surface area contributed by atoms with Gasteiger partial charge in [-0.05, 0) is 23.8 Å². The number of halogens is 1. The van der Waals surface area contributed by atoms with E-state index in [4.69, 9.17) is 11.5 Å². The Hall–Kier alpha value is -2.40. The molecule has 0 aliphatic carbocycles. The maximum absolute atomic E-state index is 13.3. The van der Waals surface area contributed by atoms with E-state index in [9.17, 15) is 9.18 Å². The maximum Gasteiger partial charge on any atom is 0.243 e. The molecule has 0 saturated carbocycles. The zero-order chi connectivity index (χ0) is 15.5. The summed E-state index contributed by atoms with van der Waals surface area (Å²) in [5.74, 6) is -0.974. The highest BCUT2D eigenvalue weighted by molar-refractivity contribution is 5.86. The van der Waals surface area contributed by atoms with Crippen LogP contribution in [0.1, 0.15) is 5.56 Å². The first-order valence-electron chi connectivity index (χ1n) is 6.54. The second-order valence-electron chi connectivity index (χ2n) is 5.04. The normalized spacial score (nSPS) is 13.5. The van der Waals surface area contributed by atoms with Crippen molar-refractivity contribution in [1.82, 2.24) is 0 Å². The minimum Gasteiger partial charge on any atom is -0.372 e. The van der Waals surface area contributed by atoms with Crippen LogP contribution in [0.2, 0.25) is 0 Å². The Bertz CT molecular complexity index is 632. The molecule has 4 nitrogen and oxygen atoms in total. The zero-order valence-electron chi connectivity index (χ0n) is 11.8. The van der Waals surface area contributed by atoms with Crippen molar-refractivity contribution in [3.05, 3.63) is 66.0 Å². The summed E-state index contributed by atoms with van der Waals surface area (Å²) >= 11 is 0. The fourth-order valence-corrected chi connectivity index (χ4v) is 2.23. The van der Waals surface area contributed by atoms with Crippen molar-refractivity contribution < 1.29 is 9.18 Å². The van der Waals surface area contributed by atoms with E-state index >= 15 is 0 Å². The Kier molecular flexibility index (Phi) is 4.23. The highest BCUT2D eigenvalue weighted by Gasteiger charge is 2.35. The fraction of sp³-hybridized carbons (Fsp3) is 0.188. The van der Waals surface area contributed by atoms with E-state index in [0.29, 0.717) is 11.3 Å². The van der Waals surface area contributed by atoms with Crippen LogP contribution in [0.4, 0.5) is 10.1 Å². The van der Waals surface area contributed by atoms with Crippen LogP contribution in [0, 0.1) is 5.82 Å². The lowest BCUT2D eigenvalue weighted by molar-refractivity contribution is -0.123. The van der Waals surface area contributed by atoms with Crippen molar-refractivity contribution in [2.24, 2.45) is 11.5 Å². The second kappa shape index (κ2) is 5.93. The quantitative estimate of drug-likeness (QED) is 0.877. The molecule has 1 amide bonds. The molecule has 0 fully saturated rings. The number of rotatable bonds is 5. The van der Waals surface area contributed by atoms with Crippen LogP contribution in [0.15, 0.2) is 54.6 Å². The van der Waals surface area contributed by atoms with Gasteiger partial charge in [-0.25, -0.2) is 4.39 Å². The maximum atomic E-state index is 13.3. The molecule has 4 N–H and O–H groups in total. The largest absolute Gasteiger partial charge is 0.372 e. The average molecular weight is 287 g/mol. The topological polar surface area (TPSA) is 72.3 Å². The Morgan fingerprint density at radius 2 is 1.86 bits per heavy atom. The summed E-state index contributed by atoms with van der Waals surface area (Å²) in [5.41, 5.74) is 11.6. The van der Waals surface area contributed by atoms with Gasteiger partial charge in [-0.2, -0.15) is 0 Å². The number of nitrogens with two attached hydrogens (primary N) is 2. The summed E-state index contributed by atoms with van der Waals surface area (Å²) in [7, 11) is 1.74. The van der Waals surface area contributed by atoms with Gasteiger partial charge in [0.15, 0.2) is 0 Å². The highest BCUT2D eigenvalue weighted by Crippen LogP contribution is 2.22. The third-order valence-electron chi connectivity index (χ3n) is 3.46. The van der Waals surface area contributed by atoms with Gasteiger partial charge in [0.05, 0.1) is 0 Å². The summed E-state index contributed by atoms with van der Waals surface area (Å²) < 4.78 is 13.3. The first-order valence-corrected chi connectivity index (χ1v) is 6.54. The molecule has 0 aliphatic rings. The van der Waals surface area contributed by atoms with Crippen molar-refractivity contribution in [2.75, 3.05) is 18.5 Å². The van der Waals surface area contributed by atoms with Crippen LogP contribution in [0.5, 0.6) is 0 Å². The number of likely N-dealkylation sites (N-methyl/N-ethyl adjacent to an activating group) is 1. The van der Waals surface area contributed by atoms with Crippen LogP contribution in [0.25, 0.3) is 0 Å². The first kappa shape index (κ1) is 15.0. The molecule has 0 radical (unpaired) electrons. The molecule has 0 bridgehead atoms. The monoisotopic (exact) mass is 287 g/mol. The molecular weight excluding hydrogens is 269 g/mol. The summed E-state index contributed by atoms with van der Waals surface area (Å²) in [5, 5.41) is 0. The molecule has 21 heavy (non-hydrogen) atoms. The predicted molar refractivity (Wildman–Crippen MR) is 81.2 cm³/mol. The van der Waals surface area contributed by atoms with Gasteiger partial charge >= 0.3 is 0 Å². The molecule has 0 aliphatic heterocycles. The molecule has 5 heteroatoms. The van der Waals surface area contributed by atoms with Gasteiger partial charge in [0, 0.05) is 19.3 Å². The highest BCUT2D eigenvalue weighted by atomic mass is 19.1. The van der Waals surface area contributed by atoms with Crippen molar-refractivity contribution in [2.45, 2.75) is 5.54 Å². The number of hydrogen-bond acceptors (Lipinski definition) is 3. The Morgan fingerprint density at radius 3 is 2.43 bits per heavy atom. The van der Waals surface area contributed by atoms with Crippen LogP contribution < -0.4 is 16.4 Å². The van der Waals surface area contributed by atoms with E-state index < -0.39 is 11.4 Å². The van der Waals surface area contributed by atoms with Crippen molar-refractivity contribution in [3.8, 4) is 0 Å². The molecular formula is C16H18FN3O. The number of anilines is 1. The van der Waals surface area contributed by atoms with Gasteiger partial charge < -0.3 is 16.4 Å². The van der Waals surface area contributed by atoms with E-state index in [2.05, 4.69) is 0 Å². The van der Waals surface area contributed by atoms with Crippen LogP contribution >= 0.6 is 0 Å². The number of nitrogens with zero attached hydrogens (tertiary/aromatic N) is 1. The molecule has 2 aromatic carbocycles. The van der Waals surface area contributed by atoms with Gasteiger partial charge in [-0.3, -0.25) is 4.79 Å². The smallest absolute Gasteiger partial charge is 0.243 e. The third-order valence-corrected chi connectivity index (χ3v) is 3.46. The second-order valence-corrected chi connectivity index (χ2v) is 5.04. The number of carbonyl (C=O) groups excluding carboxylic acids is 1. The Morgan fingerprint density at radius 1 is 1.19 bits per heavy atom. The number of hydrogen-bond donors (Lipinski definition) is 2.